The van der Waals surface area contributed by atoms with Crippen LogP contribution in [0.5, 0.6) is 0 Å². The minimum atomic E-state index is 0.369. The zero-order valence-electron chi connectivity index (χ0n) is 9.67. The third-order valence-electron chi connectivity index (χ3n) is 4.14. The average molecular weight is 236 g/mol. The molecule has 2 saturated carbocycles. The fourth-order valence-corrected chi connectivity index (χ4v) is 2.84. The van der Waals surface area contributed by atoms with Gasteiger partial charge < -0.3 is 5.32 Å². The van der Waals surface area contributed by atoms with Gasteiger partial charge in [0.15, 0.2) is 0 Å². The fourth-order valence-electron chi connectivity index (χ4n) is 2.65. The molecule has 16 heavy (non-hydrogen) atoms. The maximum Gasteiger partial charge on any atom is 0.0408 e. The van der Waals surface area contributed by atoms with Gasteiger partial charge in [0.1, 0.15) is 0 Å². The van der Waals surface area contributed by atoms with Crippen molar-refractivity contribution < 1.29 is 0 Å². The Labute approximate surface area is 102 Å². The fraction of sp³-hybridized carbons (Fsp3) is 0.571. The van der Waals surface area contributed by atoms with E-state index >= 15 is 0 Å². The second-order valence-corrected chi connectivity index (χ2v) is 5.86. The lowest BCUT2D eigenvalue weighted by Crippen LogP contribution is -2.29. The highest BCUT2D eigenvalue weighted by Gasteiger charge is 2.52. The van der Waals surface area contributed by atoms with Crippen LogP contribution in [0.25, 0.3) is 0 Å². The van der Waals surface area contributed by atoms with Crippen molar-refractivity contribution in [2.24, 2.45) is 5.92 Å². The minimum Gasteiger partial charge on any atom is -0.313 e. The molecular weight excluding hydrogens is 218 g/mol. The highest BCUT2D eigenvalue weighted by Crippen LogP contribution is 2.54. The molecule has 86 valence electrons. The Hall–Kier alpha value is -0.530. The maximum absolute atomic E-state index is 6.08. The summed E-state index contributed by atoms with van der Waals surface area (Å²) in [6.07, 6.45) is 4.02. The Kier molecular flexibility index (Phi) is 2.49. The van der Waals surface area contributed by atoms with Crippen LogP contribution in [-0.4, -0.2) is 12.6 Å². The molecule has 1 nitrogen and oxygen atoms in total. The van der Waals surface area contributed by atoms with E-state index in [0.717, 1.165) is 23.5 Å². The summed E-state index contributed by atoms with van der Waals surface area (Å²) in [7, 11) is 0. The number of hydrogen-bond acceptors (Lipinski definition) is 1. The maximum atomic E-state index is 6.08. The number of halogens is 1. The minimum absolute atomic E-state index is 0.369. The predicted octanol–water partition coefficient (Wildman–Crippen LogP) is 3.37. The quantitative estimate of drug-likeness (QED) is 0.844. The van der Waals surface area contributed by atoms with E-state index in [1.807, 2.05) is 6.07 Å². The summed E-state index contributed by atoms with van der Waals surface area (Å²) in [5, 5.41) is 4.53. The summed E-state index contributed by atoms with van der Waals surface area (Å²) in [5.41, 5.74) is 1.79. The Morgan fingerprint density at radius 3 is 2.75 bits per heavy atom. The molecule has 2 aliphatic rings. The van der Waals surface area contributed by atoms with Crippen LogP contribution in [0.1, 0.15) is 31.7 Å². The van der Waals surface area contributed by atoms with Crippen LogP contribution < -0.4 is 5.32 Å². The van der Waals surface area contributed by atoms with Gasteiger partial charge in [0.2, 0.25) is 0 Å². The summed E-state index contributed by atoms with van der Waals surface area (Å²) in [4.78, 5) is 0. The molecule has 2 aliphatic carbocycles. The Balaban J connectivity index is 1.78. The normalized spacial score (nSPS) is 32.8. The molecule has 0 spiro atoms. The monoisotopic (exact) mass is 235 g/mol. The van der Waals surface area contributed by atoms with Gasteiger partial charge in [0.25, 0.3) is 0 Å². The van der Waals surface area contributed by atoms with Crippen LogP contribution >= 0.6 is 11.6 Å². The van der Waals surface area contributed by atoms with Crippen molar-refractivity contribution in [1.29, 1.82) is 0 Å². The van der Waals surface area contributed by atoms with Crippen molar-refractivity contribution in [2.45, 2.75) is 37.6 Å². The highest BCUT2D eigenvalue weighted by atomic mass is 35.5. The largest absolute Gasteiger partial charge is 0.313 e. The van der Waals surface area contributed by atoms with Crippen LogP contribution in [0, 0.1) is 5.92 Å². The van der Waals surface area contributed by atoms with E-state index in [2.05, 4.69) is 30.4 Å². The molecular formula is C14H18ClN. The first-order chi connectivity index (χ1) is 7.71. The summed E-state index contributed by atoms with van der Waals surface area (Å²) in [6, 6.07) is 9.19. The topological polar surface area (TPSA) is 12.0 Å². The number of hydrogen-bond donors (Lipinski definition) is 1. The van der Waals surface area contributed by atoms with Gasteiger partial charge in [-0.3, -0.25) is 0 Å². The third kappa shape index (κ3) is 1.87. The molecule has 1 aromatic carbocycles. The number of nitrogens with one attached hydrogen (secondary N) is 1. The first kappa shape index (κ1) is 10.6. The van der Waals surface area contributed by atoms with Crippen molar-refractivity contribution >= 4 is 11.6 Å². The summed E-state index contributed by atoms with van der Waals surface area (Å²) in [5.74, 6) is 0.789. The van der Waals surface area contributed by atoms with Crippen LogP contribution in [0.2, 0.25) is 5.02 Å². The molecule has 0 amide bonds. The molecule has 2 fully saturated rings. The van der Waals surface area contributed by atoms with Crippen molar-refractivity contribution in [2.75, 3.05) is 6.54 Å². The van der Waals surface area contributed by atoms with Crippen LogP contribution in [0.3, 0.4) is 0 Å². The van der Waals surface area contributed by atoms with Gasteiger partial charge in [-0.05, 0) is 42.9 Å². The molecule has 1 N–H and O–H groups in total. The van der Waals surface area contributed by atoms with E-state index in [9.17, 15) is 0 Å². The molecule has 0 heterocycles. The molecule has 0 radical (unpaired) electrons. The molecule has 2 atom stereocenters. The molecule has 1 aromatic rings. The zero-order chi connectivity index (χ0) is 11.2. The molecule has 3 rings (SSSR count). The van der Waals surface area contributed by atoms with E-state index in [-0.39, 0.29) is 0 Å². The van der Waals surface area contributed by atoms with Gasteiger partial charge in [-0.1, -0.05) is 30.7 Å². The summed E-state index contributed by atoms with van der Waals surface area (Å²) < 4.78 is 0. The second kappa shape index (κ2) is 3.75. The zero-order valence-corrected chi connectivity index (χ0v) is 10.4. The number of benzene rings is 1. The van der Waals surface area contributed by atoms with Gasteiger partial charge in [-0.25, -0.2) is 0 Å². The molecule has 2 heteroatoms. The van der Waals surface area contributed by atoms with Crippen molar-refractivity contribution in [3.63, 3.8) is 0 Å². The molecule has 2 unspecified atom stereocenters. The molecule has 0 bridgehead atoms. The van der Waals surface area contributed by atoms with Gasteiger partial charge in [0.05, 0.1) is 0 Å². The van der Waals surface area contributed by atoms with Crippen molar-refractivity contribution in [3.8, 4) is 0 Å². The smallest absolute Gasteiger partial charge is 0.0408 e. The van der Waals surface area contributed by atoms with Gasteiger partial charge >= 0.3 is 0 Å². The number of rotatable bonds is 4. The molecule has 0 aromatic heterocycles. The van der Waals surface area contributed by atoms with Gasteiger partial charge in [0, 0.05) is 23.0 Å². The van der Waals surface area contributed by atoms with E-state index in [4.69, 9.17) is 11.6 Å². The van der Waals surface area contributed by atoms with E-state index in [0.29, 0.717) is 5.41 Å². The first-order valence-electron chi connectivity index (χ1n) is 6.20. The van der Waals surface area contributed by atoms with Crippen LogP contribution in [0.15, 0.2) is 24.3 Å². The van der Waals surface area contributed by atoms with E-state index in [1.54, 1.807) is 0 Å². The van der Waals surface area contributed by atoms with Crippen LogP contribution in [-0.2, 0) is 5.41 Å². The third-order valence-corrected chi connectivity index (χ3v) is 4.37. The predicted molar refractivity (Wildman–Crippen MR) is 67.9 cm³/mol. The van der Waals surface area contributed by atoms with E-state index in [1.165, 1.54) is 24.8 Å². The average Bonchev–Trinajstić information content (AvgIpc) is 3.13. The Bertz CT molecular complexity index is 399. The Morgan fingerprint density at radius 1 is 1.44 bits per heavy atom. The lowest BCUT2D eigenvalue weighted by atomic mass is 9.93. The lowest BCUT2D eigenvalue weighted by molar-refractivity contribution is 0.541. The lowest BCUT2D eigenvalue weighted by Gasteiger charge is -2.18. The summed E-state index contributed by atoms with van der Waals surface area (Å²) >= 11 is 6.08. The standard InChI is InChI=1S/C14H18ClN/c1-10-8-14(10,9-16-13-5-6-13)11-3-2-4-12(15)7-11/h2-4,7,10,13,16H,5-6,8-9H2,1H3. The van der Waals surface area contributed by atoms with Gasteiger partial charge in [-0.2, -0.15) is 0 Å². The highest BCUT2D eigenvalue weighted by molar-refractivity contribution is 6.30. The van der Waals surface area contributed by atoms with Crippen molar-refractivity contribution in [3.05, 3.63) is 34.9 Å². The second-order valence-electron chi connectivity index (χ2n) is 5.43. The van der Waals surface area contributed by atoms with Gasteiger partial charge in [-0.15, -0.1) is 0 Å². The Morgan fingerprint density at radius 2 is 2.19 bits per heavy atom. The van der Waals surface area contributed by atoms with E-state index < -0.39 is 0 Å². The van der Waals surface area contributed by atoms with Crippen molar-refractivity contribution in [1.82, 2.24) is 5.32 Å². The molecule has 0 aliphatic heterocycles. The SMILES string of the molecule is CC1CC1(CNC1CC1)c1cccc(Cl)c1. The summed E-state index contributed by atoms with van der Waals surface area (Å²) in [6.45, 7) is 3.47. The van der Waals surface area contributed by atoms with Crippen LogP contribution in [0.4, 0.5) is 0 Å². The molecule has 0 saturated heterocycles. The first-order valence-corrected chi connectivity index (χ1v) is 6.58.